The molecular formula is C17H22F3N5OS. The second-order valence-corrected chi connectivity index (χ2v) is 6.65. The monoisotopic (exact) mass is 401 g/mol. The van der Waals surface area contributed by atoms with Gasteiger partial charge in [0.05, 0.1) is 11.6 Å². The number of aromatic nitrogens is 2. The van der Waals surface area contributed by atoms with Crippen LogP contribution in [0.2, 0.25) is 0 Å². The van der Waals surface area contributed by atoms with Crippen LogP contribution in [0.1, 0.15) is 22.4 Å². The maximum absolute atomic E-state index is 12.9. The minimum atomic E-state index is -4.50. The molecule has 2 N–H and O–H groups in total. The summed E-state index contributed by atoms with van der Waals surface area (Å²) in [4.78, 5) is 13.3. The van der Waals surface area contributed by atoms with E-state index in [9.17, 15) is 13.2 Å². The zero-order valence-electron chi connectivity index (χ0n) is 15.1. The molecule has 0 saturated heterocycles. The fraction of sp³-hybridized carbons (Fsp3) is 0.471. The summed E-state index contributed by atoms with van der Waals surface area (Å²) in [5, 5.41) is 7.17. The van der Waals surface area contributed by atoms with Crippen LogP contribution in [-0.4, -0.2) is 42.7 Å². The van der Waals surface area contributed by atoms with E-state index in [1.165, 1.54) is 17.1 Å². The van der Waals surface area contributed by atoms with E-state index in [1.54, 1.807) is 18.4 Å². The summed E-state index contributed by atoms with van der Waals surface area (Å²) in [7, 11) is 1.62. The molecule has 0 atom stereocenters. The Bertz CT molecular complexity index is 748. The Morgan fingerprint density at radius 1 is 1.26 bits per heavy atom. The highest BCUT2D eigenvalue weighted by atomic mass is 32.1. The van der Waals surface area contributed by atoms with Crippen molar-refractivity contribution in [1.82, 2.24) is 20.6 Å². The topological polar surface area (TPSA) is 71.4 Å². The Morgan fingerprint density at radius 3 is 2.70 bits per heavy atom. The molecule has 2 rings (SSSR count). The standard InChI is InChI=1S/C17H22F3N5OS/c1-3-12-11-25-14(27-12)6-8-23-16(21-2)24-9-10-26-15-13(17(18,19)20)5-4-7-22-15/h4-5,7,11H,3,6,8-10H2,1-2H3,(H2,21,23,24). The number of nitrogens with one attached hydrogen (secondary N) is 2. The lowest BCUT2D eigenvalue weighted by Gasteiger charge is -2.14. The fourth-order valence-electron chi connectivity index (χ4n) is 2.17. The van der Waals surface area contributed by atoms with Gasteiger partial charge in [-0.25, -0.2) is 9.97 Å². The average molecular weight is 401 g/mol. The van der Waals surface area contributed by atoms with Gasteiger partial charge in [-0.2, -0.15) is 13.2 Å². The third-order valence-corrected chi connectivity index (χ3v) is 4.72. The molecule has 0 saturated carbocycles. The van der Waals surface area contributed by atoms with Crippen molar-refractivity contribution in [3.63, 3.8) is 0 Å². The van der Waals surface area contributed by atoms with Crippen molar-refractivity contribution < 1.29 is 17.9 Å². The number of aryl methyl sites for hydroxylation is 1. The first-order valence-electron chi connectivity index (χ1n) is 8.47. The maximum Gasteiger partial charge on any atom is 0.421 e. The Kier molecular flexibility index (Phi) is 7.83. The molecule has 2 aromatic heterocycles. The van der Waals surface area contributed by atoms with Gasteiger partial charge in [0, 0.05) is 37.3 Å². The number of aliphatic imine (C=N–C) groups is 1. The van der Waals surface area contributed by atoms with E-state index in [-0.39, 0.29) is 13.2 Å². The highest BCUT2D eigenvalue weighted by Gasteiger charge is 2.34. The van der Waals surface area contributed by atoms with Crippen LogP contribution >= 0.6 is 11.3 Å². The molecule has 0 aliphatic heterocycles. The lowest BCUT2D eigenvalue weighted by molar-refractivity contribution is -0.139. The minimum Gasteiger partial charge on any atom is -0.475 e. The largest absolute Gasteiger partial charge is 0.475 e. The molecule has 0 bridgehead atoms. The second-order valence-electron chi connectivity index (χ2n) is 5.45. The maximum atomic E-state index is 12.9. The Labute approximate surface area is 159 Å². The quantitative estimate of drug-likeness (QED) is 0.404. The number of thiazole rings is 1. The van der Waals surface area contributed by atoms with Gasteiger partial charge in [0.15, 0.2) is 5.96 Å². The summed E-state index contributed by atoms with van der Waals surface area (Å²) in [6, 6.07) is 2.17. The van der Waals surface area contributed by atoms with Crippen LogP contribution in [0.5, 0.6) is 5.88 Å². The van der Waals surface area contributed by atoms with Gasteiger partial charge in [0.1, 0.15) is 12.2 Å². The summed E-state index contributed by atoms with van der Waals surface area (Å²) in [5.74, 6) is 0.119. The molecule has 0 amide bonds. The molecule has 2 heterocycles. The molecule has 0 aliphatic carbocycles. The molecule has 0 unspecified atom stereocenters. The van der Waals surface area contributed by atoms with E-state index < -0.39 is 17.6 Å². The van der Waals surface area contributed by atoms with Crippen molar-refractivity contribution in [3.8, 4) is 5.88 Å². The third kappa shape index (κ3) is 6.70. The number of guanidine groups is 1. The molecule has 0 fully saturated rings. The van der Waals surface area contributed by atoms with Crippen LogP contribution in [0.4, 0.5) is 13.2 Å². The van der Waals surface area contributed by atoms with Crippen molar-refractivity contribution in [2.45, 2.75) is 25.9 Å². The molecule has 27 heavy (non-hydrogen) atoms. The third-order valence-electron chi connectivity index (χ3n) is 3.51. The van der Waals surface area contributed by atoms with Crippen LogP contribution in [0.3, 0.4) is 0 Å². The van der Waals surface area contributed by atoms with E-state index in [1.807, 2.05) is 6.20 Å². The Balaban J connectivity index is 1.72. The summed E-state index contributed by atoms with van der Waals surface area (Å²) in [5.41, 5.74) is -0.887. The molecule has 0 aromatic carbocycles. The highest BCUT2D eigenvalue weighted by Crippen LogP contribution is 2.34. The van der Waals surface area contributed by atoms with E-state index >= 15 is 0 Å². The number of halogens is 3. The second kappa shape index (κ2) is 10.1. The average Bonchev–Trinajstić information content (AvgIpc) is 3.11. The molecule has 0 spiro atoms. The van der Waals surface area contributed by atoms with Crippen LogP contribution in [0.15, 0.2) is 29.5 Å². The van der Waals surface area contributed by atoms with E-state index in [0.29, 0.717) is 12.5 Å². The number of hydrogen-bond acceptors (Lipinski definition) is 5. The molecule has 6 nitrogen and oxygen atoms in total. The summed E-state index contributed by atoms with van der Waals surface area (Å²) in [6.45, 7) is 3.04. The predicted octanol–water partition coefficient (Wildman–Crippen LogP) is 2.91. The number of nitrogens with zero attached hydrogens (tertiary/aromatic N) is 3. The van der Waals surface area contributed by atoms with E-state index in [2.05, 4.69) is 32.5 Å². The van der Waals surface area contributed by atoms with Gasteiger partial charge in [0.25, 0.3) is 0 Å². The number of rotatable bonds is 8. The van der Waals surface area contributed by atoms with Gasteiger partial charge < -0.3 is 15.4 Å². The molecule has 148 valence electrons. The molecule has 0 aliphatic rings. The predicted molar refractivity (Wildman–Crippen MR) is 99.3 cm³/mol. The van der Waals surface area contributed by atoms with Crippen molar-refractivity contribution in [2.75, 3.05) is 26.7 Å². The van der Waals surface area contributed by atoms with Gasteiger partial charge in [-0.15, -0.1) is 11.3 Å². The van der Waals surface area contributed by atoms with Crippen molar-refractivity contribution in [1.29, 1.82) is 0 Å². The number of hydrogen-bond donors (Lipinski definition) is 2. The summed E-state index contributed by atoms with van der Waals surface area (Å²) in [6.07, 6.45) is 0.395. The molecular weight excluding hydrogens is 379 g/mol. The smallest absolute Gasteiger partial charge is 0.421 e. The van der Waals surface area contributed by atoms with Crippen LogP contribution in [0, 0.1) is 0 Å². The lowest BCUT2D eigenvalue weighted by Crippen LogP contribution is -2.40. The number of ether oxygens (including phenoxy) is 1. The highest BCUT2D eigenvalue weighted by molar-refractivity contribution is 7.11. The van der Waals surface area contributed by atoms with Crippen LogP contribution < -0.4 is 15.4 Å². The van der Waals surface area contributed by atoms with Gasteiger partial charge in [-0.05, 0) is 18.6 Å². The molecule has 0 radical (unpaired) electrons. The Morgan fingerprint density at radius 2 is 2.04 bits per heavy atom. The lowest BCUT2D eigenvalue weighted by atomic mass is 10.2. The first kappa shape index (κ1) is 20.9. The van der Waals surface area contributed by atoms with Gasteiger partial charge in [-0.1, -0.05) is 6.92 Å². The van der Waals surface area contributed by atoms with Crippen molar-refractivity contribution in [2.24, 2.45) is 4.99 Å². The van der Waals surface area contributed by atoms with E-state index in [0.717, 1.165) is 23.9 Å². The fourth-order valence-corrected chi connectivity index (χ4v) is 3.04. The normalized spacial score (nSPS) is 12.1. The number of pyridine rings is 1. The first-order chi connectivity index (χ1) is 12.9. The van der Waals surface area contributed by atoms with Gasteiger partial charge in [0.2, 0.25) is 5.88 Å². The van der Waals surface area contributed by atoms with Gasteiger partial charge >= 0.3 is 6.18 Å². The number of alkyl halides is 3. The first-order valence-corrected chi connectivity index (χ1v) is 9.28. The summed E-state index contributed by atoms with van der Waals surface area (Å²) >= 11 is 1.68. The molecule has 2 aromatic rings. The van der Waals surface area contributed by atoms with Crippen molar-refractivity contribution in [3.05, 3.63) is 40.0 Å². The van der Waals surface area contributed by atoms with Gasteiger partial charge in [-0.3, -0.25) is 4.99 Å². The van der Waals surface area contributed by atoms with Crippen molar-refractivity contribution >= 4 is 17.3 Å². The van der Waals surface area contributed by atoms with Crippen LogP contribution in [-0.2, 0) is 19.0 Å². The minimum absolute atomic E-state index is 0.0210. The summed E-state index contributed by atoms with van der Waals surface area (Å²) < 4.78 is 43.8. The zero-order chi connectivity index (χ0) is 19.7. The zero-order valence-corrected chi connectivity index (χ0v) is 16.0. The van der Waals surface area contributed by atoms with E-state index in [4.69, 9.17) is 4.74 Å². The van der Waals surface area contributed by atoms with Crippen LogP contribution in [0.25, 0.3) is 0 Å². The Hall–Kier alpha value is -2.36. The SMILES string of the molecule is CCc1cnc(CCNC(=NC)NCCOc2ncccc2C(F)(F)F)s1. The molecule has 10 heteroatoms.